The first-order valence-electron chi connectivity index (χ1n) is 5.17. The van der Waals surface area contributed by atoms with Crippen LogP contribution < -0.4 is 0 Å². The molecule has 0 saturated carbocycles. The van der Waals surface area contributed by atoms with E-state index in [1.165, 1.54) is 17.4 Å². The molecule has 0 aliphatic carbocycles. The Morgan fingerprint density at radius 1 is 1.44 bits per heavy atom. The fourth-order valence-electron chi connectivity index (χ4n) is 1.50. The minimum absolute atomic E-state index is 0.0265. The van der Waals surface area contributed by atoms with E-state index in [-0.39, 0.29) is 11.3 Å². The number of thiazole rings is 1. The summed E-state index contributed by atoms with van der Waals surface area (Å²) in [5, 5.41) is 9.30. The summed E-state index contributed by atoms with van der Waals surface area (Å²) < 4.78 is 23.6. The monoisotopic (exact) mass is 285 g/mol. The van der Waals surface area contributed by atoms with Gasteiger partial charge in [0.15, 0.2) is 9.84 Å². The molecule has 0 aliphatic heterocycles. The number of hydrogen-bond acceptors (Lipinski definition) is 5. The topological polar surface area (TPSA) is 84.3 Å². The van der Waals surface area contributed by atoms with Gasteiger partial charge in [-0.25, -0.2) is 13.4 Å². The Morgan fingerprint density at radius 3 is 2.78 bits per heavy atom. The van der Waals surface area contributed by atoms with E-state index >= 15 is 0 Å². The van der Waals surface area contributed by atoms with Crippen LogP contribution in [0.15, 0.2) is 23.1 Å². The van der Waals surface area contributed by atoms with Crippen LogP contribution in [-0.4, -0.2) is 30.7 Å². The van der Waals surface area contributed by atoms with Gasteiger partial charge < -0.3 is 5.11 Å². The molecule has 7 heteroatoms. The molecule has 0 spiro atoms. The van der Waals surface area contributed by atoms with Crippen LogP contribution in [0.25, 0.3) is 10.2 Å². The van der Waals surface area contributed by atoms with E-state index in [0.717, 1.165) is 11.0 Å². The average Bonchev–Trinajstić information content (AvgIpc) is 2.66. The highest BCUT2D eigenvalue weighted by atomic mass is 32.2. The first-order valence-corrected chi connectivity index (χ1v) is 7.88. The van der Waals surface area contributed by atoms with Gasteiger partial charge in [-0.3, -0.25) is 4.79 Å². The standard InChI is InChI=1S/C11H11NO4S2/c1-18(15,16)7-2-3-8-9(6-7)17-10(12-8)4-5-11(13)14/h2-3,6H,4-5H2,1H3,(H,13,14). The number of benzene rings is 1. The third kappa shape index (κ3) is 2.85. The molecule has 1 aromatic heterocycles. The van der Waals surface area contributed by atoms with Gasteiger partial charge in [-0.15, -0.1) is 11.3 Å². The third-order valence-electron chi connectivity index (χ3n) is 2.39. The Labute approximate surface area is 108 Å². The molecule has 1 heterocycles. The first kappa shape index (κ1) is 13.0. The lowest BCUT2D eigenvalue weighted by atomic mass is 10.3. The quantitative estimate of drug-likeness (QED) is 0.924. The Hall–Kier alpha value is -1.47. The fourth-order valence-corrected chi connectivity index (χ4v) is 3.23. The lowest BCUT2D eigenvalue weighted by Gasteiger charge is -1.96. The van der Waals surface area contributed by atoms with Crippen molar-refractivity contribution in [3.05, 3.63) is 23.2 Å². The van der Waals surface area contributed by atoms with Crippen molar-refractivity contribution in [3.8, 4) is 0 Å². The summed E-state index contributed by atoms with van der Waals surface area (Å²) >= 11 is 1.33. The van der Waals surface area contributed by atoms with Crippen molar-refractivity contribution in [1.82, 2.24) is 4.98 Å². The maximum absolute atomic E-state index is 11.4. The molecule has 2 rings (SSSR count). The normalized spacial score (nSPS) is 11.8. The maximum Gasteiger partial charge on any atom is 0.303 e. The number of fused-ring (bicyclic) bond motifs is 1. The van der Waals surface area contributed by atoms with Gasteiger partial charge in [-0.2, -0.15) is 0 Å². The number of carboxylic acid groups (broad SMARTS) is 1. The molecule has 0 bridgehead atoms. The Bertz CT molecular complexity index is 703. The van der Waals surface area contributed by atoms with Crippen molar-refractivity contribution in [2.45, 2.75) is 17.7 Å². The Morgan fingerprint density at radius 2 is 2.17 bits per heavy atom. The summed E-state index contributed by atoms with van der Waals surface area (Å²) in [5.41, 5.74) is 0.702. The van der Waals surface area contributed by atoms with Crippen LogP contribution >= 0.6 is 11.3 Å². The smallest absolute Gasteiger partial charge is 0.303 e. The average molecular weight is 285 g/mol. The number of hydrogen-bond donors (Lipinski definition) is 1. The lowest BCUT2D eigenvalue weighted by molar-refractivity contribution is -0.136. The zero-order valence-corrected chi connectivity index (χ0v) is 11.2. The highest BCUT2D eigenvalue weighted by Gasteiger charge is 2.11. The van der Waals surface area contributed by atoms with Crippen molar-refractivity contribution < 1.29 is 18.3 Å². The number of carboxylic acids is 1. The molecule has 0 amide bonds. The van der Waals surface area contributed by atoms with E-state index < -0.39 is 15.8 Å². The van der Waals surface area contributed by atoms with E-state index in [4.69, 9.17) is 5.11 Å². The van der Waals surface area contributed by atoms with Gasteiger partial charge >= 0.3 is 5.97 Å². The van der Waals surface area contributed by atoms with Crippen LogP contribution in [0, 0.1) is 0 Å². The number of sulfone groups is 1. The van der Waals surface area contributed by atoms with Crippen LogP contribution in [0.5, 0.6) is 0 Å². The summed E-state index contributed by atoms with van der Waals surface area (Å²) in [7, 11) is -3.23. The van der Waals surface area contributed by atoms with Crippen molar-refractivity contribution in [1.29, 1.82) is 0 Å². The van der Waals surface area contributed by atoms with Crippen LogP contribution in [0.3, 0.4) is 0 Å². The molecule has 0 atom stereocenters. The first-order chi connectivity index (χ1) is 8.36. The van der Waals surface area contributed by atoms with Gasteiger partial charge in [-0.05, 0) is 18.2 Å². The highest BCUT2D eigenvalue weighted by molar-refractivity contribution is 7.90. The number of nitrogens with zero attached hydrogens (tertiary/aromatic N) is 1. The van der Waals surface area contributed by atoms with Crippen molar-refractivity contribution in [2.24, 2.45) is 0 Å². The lowest BCUT2D eigenvalue weighted by Crippen LogP contribution is -1.96. The predicted octanol–water partition coefficient (Wildman–Crippen LogP) is 1.72. The largest absolute Gasteiger partial charge is 0.481 e. The molecule has 2 aromatic rings. The number of aryl methyl sites for hydroxylation is 1. The van der Waals surface area contributed by atoms with E-state index in [1.54, 1.807) is 12.1 Å². The molecule has 0 saturated heterocycles. The molecule has 5 nitrogen and oxygen atoms in total. The molecule has 0 unspecified atom stereocenters. The van der Waals surface area contributed by atoms with E-state index in [0.29, 0.717) is 16.9 Å². The Balaban J connectivity index is 2.37. The number of rotatable bonds is 4. The van der Waals surface area contributed by atoms with E-state index in [2.05, 4.69) is 4.98 Å². The number of aliphatic carboxylic acids is 1. The molecule has 0 fully saturated rings. The minimum Gasteiger partial charge on any atom is -0.481 e. The van der Waals surface area contributed by atoms with Crippen molar-refractivity contribution >= 4 is 37.4 Å². The second-order valence-corrected chi connectivity index (χ2v) is 7.03. The molecule has 0 radical (unpaired) electrons. The molecule has 18 heavy (non-hydrogen) atoms. The van der Waals surface area contributed by atoms with Crippen LogP contribution in [-0.2, 0) is 21.1 Å². The third-order valence-corrected chi connectivity index (χ3v) is 4.57. The molecular formula is C11H11NO4S2. The van der Waals surface area contributed by atoms with E-state index in [1.807, 2.05) is 0 Å². The van der Waals surface area contributed by atoms with Gasteiger partial charge in [0, 0.05) is 12.7 Å². The second-order valence-electron chi connectivity index (χ2n) is 3.90. The van der Waals surface area contributed by atoms with E-state index in [9.17, 15) is 13.2 Å². The van der Waals surface area contributed by atoms with Crippen molar-refractivity contribution in [2.75, 3.05) is 6.26 Å². The summed E-state index contributed by atoms with van der Waals surface area (Å²) in [6, 6.07) is 4.73. The highest BCUT2D eigenvalue weighted by Crippen LogP contribution is 2.25. The van der Waals surface area contributed by atoms with Crippen molar-refractivity contribution in [3.63, 3.8) is 0 Å². The second kappa shape index (κ2) is 4.66. The summed E-state index contributed by atoms with van der Waals surface area (Å²) in [5.74, 6) is -0.869. The van der Waals surface area contributed by atoms with Gasteiger partial charge in [0.2, 0.25) is 0 Å². The van der Waals surface area contributed by atoms with Crippen LogP contribution in [0.2, 0.25) is 0 Å². The van der Waals surface area contributed by atoms with Gasteiger partial charge in [0.25, 0.3) is 0 Å². The van der Waals surface area contributed by atoms with Crippen LogP contribution in [0.1, 0.15) is 11.4 Å². The molecule has 96 valence electrons. The number of carbonyl (C=O) groups is 1. The SMILES string of the molecule is CS(=O)(=O)c1ccc2nc(CCC(=O)O)sc2c1. The Kier molecular flexibility index (Phi) is 3.36. The molecule has 1 N–H and O–H groups in total. The van der Waals surface area contributed by atoms with Crippen LogP contribution in [0.4, 0.5) is 0 Å². The predicted molar refractivity (Wildman–Crippen MR) is 68.7 cm³/mol. The summed E-state index contributed by atoms with van der Waals surface area (Å²) in [6.07, 6.45) is 1.54. The summed E-state index contributed by atoms with van der Waals surface area (Å²) in [6.45, 7) is 0. The molecule has 0 aliphatic rings. The van der Waals surface area contributed by atoms with Gasteiger partial charge in [0.05, 0.1) is 26.5 Å². The maximum atomic E-state index is 11.4. The summed E-state index contributed by atoms with van der Waals surface area (Å²) in [4.78, 5) is 15.0. The van der Waals surface area contributed by atoms with Gasteiger partial charge in [-0.1, -0.05) is 0 Å². The number of aromatic nitrogens is 1. The molecule has 1 aromatic carbocycles. The van der Waals surface area contributed by atoms with Gasteiger partial charge in [0.1, 0.15) is 0 Å². The molecular weight excluding hydrogens is 274 g/mol. The zero-order chi connectivity index (χ0) is 13.3. The fraction of sp³-hybridized carbons (Fsp3) is 0.273. The minimum atomic E-state index is -3.23. The zero-order valence-electron chi connectivity index (χ0n) is 9.58.